The zero-order valence-corrected chi connectivity index (χ0v) is 11.2. The molecule has 0 saturated carbocycles. The first-order valence-electron chi connectivity index (χ1n) is 5.77. The minimum atomic E-state index is -0.732. The van der Waals surface area contributed by atoms with E-state index in [0.29, 0.717) is 11.1 Å². The smallest absolute Gasteiger partial charge is 0.347 e. The molecule has 6 heteroatoms. The van der Waals surface area contributed by atoms with Gasteiger partial charge in [0.05, 0.1) is 7.11 Å². The molecule has 2 rings (SSSR count). The minimum absolute atomic E-state index is 0.0419. The van der Waals surface area contributed by atoms with Crippen LogP contribution in [0, 0.1) is 0 Å². The van der Waals surface area contributed by atoms with Gasteiger partial charge >= 0.3 is 11.6 Å². The van der Waals surface area contributed by atoms with Crippen molar-refractivity contribution in [3.05, 3.63) is 34.2 Å². The number of hydrogen-bond acceptors (Lipinski definition) is 6. The molecule has 0 N–H and O–H groups in total. The molecule has 0 amide bonds. The highest BCUT2D eigenvalue weighted by molar-refractivity contribution is 5.97. The molecule has 2 aromatic rings. The second-order valence-electron chi connectivity index (χ2n) is 4.14. The summed E-state index contributed by atoms with van der Waals surface area (Å²) in [7, 11) is 1.42. The summed E-state index contributed by atoms with van der Waals surface area (Å²) in [5.74, 6) is -0.462. The zero-order valence-electron chi connectivity index (χ0n) is 11.2. The summed E-state index contributed by atoms with van der Waals surface area (Å²) in [5, 5.41) is 0.502. The molecular weight excluding hydrogens is 264 g/mol. The van der Waals surface area contributed by atoms with Crippen molar-refractivity contribution in [3.8, 4) is 11.5 Å². The van der Waals surface area contributed by atoms with Gasteiger partial charge in [0.2, 0.25) is 0 Å². The van der Waals surface area contributed by atoms with Crippen molar-refractivity contribution >= 4 is 22.7 Å². The number of Topliss-reactive ketones (excluding diaryl/α,β-unsaturated/α-hetero) is 1. The molecule has 0 fully saturated rings. The van der Waals surface area contributed by atoms with E-state index >= 15 is 0 Å². The molecule has 0 aliphatic heterocycles. The molecule has 0 bridgehead atoms. The second kappa shape index (κ2) is 5.16. The van der Waals surface area contributed by atoms with E-state index in [1.807, 2.05) is 0 Å². The van der Waals surface area contributed by atoms with Crippen LogP contribution in [0.15, 0.2) is 27.4 Å². The van der Waals surface area contributed by atoms with Gasteiger partial charge < -0.3 is 13.9 Å². The molecule has 1 heterocycles. The van der Waals surface area contributed by atoms with Gasteiger partial charge in [-0.05, 0) is 19.1 Å². The highest BCUT2D eigenvalue weighted by atomic mass is 16.6. The van der Waals surface area contributed by atoms with E-state index in [9.17, 15) is 14.4 Å². The van der Waals surface area contributed by atoms with Crippen LogP contribution in [-0.4, -0.2) is 18.9 Å². The van der Waals surface area contributed by atoms with Crippen LogP contribution in [0.5, 0.6) is 11.5 Å². The molecule has 0 radical (unpaired) electrons. The van der Waals surface area contributed by atoms with Crippen molar-refractivity contribution in [2.45, 2.75) is 13.8 Å². The third kappa shape index (κ3) is 2.54. The summed E-state index contributed by atoms with van der Waals surface area (Å²) >= 11 is 0. The minimum Gasteiger partial charge on any atom is -0.493 e. The average molecular weight is 276 g/mol. The zero-order chi connectivity index (χ0) is 14.9. The molecule has 20 heavy (non-hydrogen) atoms. The normalized spacial score (nSPS) is 10.3. The van der Waals surface area contributed by atoms with Crippen molar-refractivity contribution in [2.75, 3.05) is 7.11 Å². The molecule has 0 spiro atoms. The van der Waals surface area contributed by atoms with Crippen molar-refractivity contribution in [1.29, 1.82) is 0 Å². The van der Waals surface area contributed by atoms with Crippen LogP contribution in [0.2, 0.25) is 0 Å². The van der Waals surface area contributed by atoms with Gasteiger partial charge in [-0.2, -0.15) is 0 Å². The Balaban J connectivity index is 2.70. The fourth-order valence-electron chi connectivity index (χ4n) is 1.77. The lowest BCUT2D eigenvalue weighted by Gasteiger charge is -2.09. The van der Waals surface area contributed by atoms with E-state index < -0.39 is 11.6 Å². The highest BCUT2D eigenvalue weighted by Crippen LogP contribution is 2.32. The molecule has 104 valence electrons. The predicted octanol–water partition coefficient (Wildman–Crippen LogP) is 1.93. The van der Waals surface area contributed by atoms with Crippen LogP contribution in [0.25, 0.3) is 11.0 Å². The average Bonchev–Trinajstić information content (AvgIpc) is 2.36. The van der Waals surface area contributed by atoms with Crippen LogP contribution in [0.4, 0.5) is 0 Å². The van der Waals surface area contributed by atoms with Crippen molar-refractivity contribution in [1.82, 2.24) is 0 Å². The third-order valence-electron chi connectivity index (χ3n) is 2.65. The van der Waals surface area contributed by atoms with Gasteiger partial charge in [0.1, 0.15) is 11.1 Å². The van der Waals surface area contributed by atoms with E-state index in [0.717, 1.165) is 0 Å². The van der Waals surface area contributed by atoms with Crippen LogP contribution in [-0.2, 0) is 4.79 Å². The number of ether oxygens (including phenoxy) is 2. The predicted molar refractivity (Wildman–Crippen MR) is 70.3 cm³/mol. The fourth-order valence-corrected chi connectivity index (χ4v) is 1.77. The Labute approximate surface area is 113 Å². The van der Waals surface area contributed by atoms with E-state index in [1.165, 1.54) is 39.2 Å². The molecule has 6 nitrogen and oxygen atoms in total. The second-order valence-corrected chi connectivity index (χ2v) is 4.14. The molecular formula is C14H12O6. The van der Waals surface area contributed by atoms with Crippen LogP contribution in [0.3, 0.4) is 0 Å². The monoisotopic (exact) mass is 276 g/mol. The fraction of sp³-hybridized carbons (Fsp3) is 0.214. The highest BCUT2D eigenvalue weighted by Gasteiger charge is 2.14. The number of esters is 1. The number of hydrogen-bond donors (Lipinski definition) is 0. The molecule has 0 aliphatic carbocycles. The van der Waals surface area contributed by atoms with Crippen LogP contribution < -0.4 is 15.1 Å². The maximum atomic E-state index is 11.6. The van der Waals surface area contributed by atoms with Gasteiger partial charge in [-0.3, -0.25) is 9.59 Å². The lowest BCUT2D eigenvalue weighted by atomic mass is 10.1. The number of carbonyl (C=O) groups is 2. The Bertz CT molecular complexity index is 756. The summed E-state index contributed by atoms with van der Waals surface area (Å²) in [6.45, 7) is 2.53. The Morgan fingerprint density at radius 3 is 2.35 bits per heavy atom. The number of methoxy groups -OCH3 is 1. The van der Waals surface area contributed by atoms with Crippen LogP contribution in [0.1, 0.15) is 24.2 Å². The molecule has 0 aliphatic rings. The molecule has 0 unspecified atom stereocenters. The number of ketones is 1. The van der Waals surface area contributed by atoms with Crippen LogP contribution >= 0.6 is 0 Å². The van der Waals surface area contributed by atoms with Gasteiger partial charge in [0.15, 0.2) is 17.3 Å². The summed E-state index contributed by atoms with van der Waals surface area (Å²) in [6.07, 6.45) is 0. The number of benzene rings is 1. The number of carbonyl (C=O) groups excluding carboxylic acids is 2. The first kappa shape index (κ1) is 13.8. The lowest BCUT2D eigenvalue weighted by Crippen LogP contribution is -2.11. The molecule has 1 aromatic carbocycles. The van der Waals surface area contributed by atoms with Gasteiger partial charge in [-0.25, -0.2) is 4.79 Å². The maximum absolute atomic E-state index is 11.6. The van der Waals surface area contributed by atoms with Gasteiger partial charge in [-0.15, -0.1) is 0 Å². The first-order chi connectivity index (χ1) is 9.42. The first-order valence-corrected chi connectivity index (χ1v) is 5.77. The van der Waals surface area contributed by atoms with E-state index in [4.69, 9.17) is 13.9 Å². The number of rotatable bonds is 3. The lowest BCUT2D eigenvalue weighted by molar-refractivity contribution is -0.132. The molecule has 1 aromatic heterocycles. The SMILES string of the molecule is COc1cc2cc(C(C)=O)c(=O)oc2cc1OC(C)=O. The Morgan fingerprint density at radius 2 is 1.80 bits per heavy atom. The summed E-state index contributed by atoms with van der Waals surface area (Å²) < 4.78 is 15.1. The molecule has 0 saturated heterocycles. The topological polar surface area (TPSA) is 82.8 Å². The third-order valence-corrected chi connectivity index (χ3v) is 2.65. The van der Waals surface area contributed by atoms with Gasteiger partial charge in [0, 0.05) is 18.4 Å². The van der Waals surface area contributed by atoms with E-state index in [1.54, 1.807) is 0 Å². The standard InChI is InChI=1S/C14H12O6/c1-7(15)10-4-9-5-12(18-3)13(19-8(2)16)6-11(9)20-14(10)17/h4-6H,1-3H3. The number of fused-ring (bicyclic) bond motifs is 1. The summed E-state index contributed by atoms with van der Waals surface area (Å²) in [5.41, 5.74) is -0.569. The summed E-state index contributed by atoms with van der Waals surface area (Å²) in [6, 6.07) is 4.33. The van der Waals surface area contributed by atoms with E-state index in [2.05, 4.69) is 0 Å². The van der Waals surface area contributed by atoms with Gasteiger partial charge in [0.25, 0.3) is 0 Å². The Kier molecular flexibility index (Phi) is 3.56. The van der Waals surface area contributed by atoms with Crippen molar-refractivity contribution < 1.29 is 23.5 Å². The Morgan fingerprint density at radius 1 is 1.10 bits per heavy atom. The van der Waals surface area contributed by atoms with E-state index in [-0.39, 0.29) is 22.7 Å². The van der Waals surface area contributed by atoms with Crippen molar-refractivity contribution in [2.24, 2.45) is 0 Å². The van der Waals surface area contributed by atoms with Gasteiger partial charge in [-0.1, -0.05) is 0 Å². The molecule has 0 atom stereocenters. The van der Waals surface area contributed by atoms with Crippen molar-refractivity contribution in [3.63, 3.8) is 0 Å². The quantitative estimate of drug-likeness (QED) is 0.368. The Hall–Kier alpha value is -2.63. The largest absolute Gasteiger partial charge is 0.493 e. The summed E-state index contributed by atoms with van der Waals surface area (Å²) in [4.78, 5) is 34.0. The maximum Gasteiger partial charge on any atom is 0.347 e.